The fourth-order valence-electron chi connectivity index (χ4n) is 2.13. The van der Waals surface area contributed by atoms with Gasteiger partial charge in [-0.3, -0.25) is 4.79 Å². The lowest BCUT2D eigenvalue weighted by atomic mass is 10.1. The van der Waals surface area contributed by atoms with Gasteiger partial charge in [0.25, 0.3) is 5.91 Å². The number of pyridine rings is 1. The summed E-state index contributed by atoms with van der Waals surface area (Å²) in [5, 5.41) is 2.84. The Labute approximate surface area is 112 Å². The summed E-state index contributed by atoms with van der Waals surface area (Å²) in [6.45, 7) is 1.76. The van der Waals surface area contributed by atoms with Crippen molar-refractivity contribution in [2.75, 3.05) is 17.2 Å². The molecule has 2 heterocycles. The number of nitrogen functional groups attached to an aromatic ring is 1. The number of nitrogens with one attached hydrogen (secondary N) is 1. The van der Waals surface area contributed by atoms with E-state index in [-0.39, 0.29) is 23.5 Å². The summed E-state index contributed by atoms with van der Waals surface area (Å²) in [4.78, 5) is 16.0. The summed E-state index contributed by atoms with van der Waals surface area (Å²) in [6.07, 6.45) is 0.932. The summed E-state index contributed by atoms with van der Waals surface area (Å²) in [5.41, 5.74) is 6.73. The molecule has 0 aromatic carbocycles. The van der Waals surface area contributed by atoms with Crippen molar-refractivity contribution in [2.45, 2.75) is 25.8 Å². The first-order chi connectivity index (χ1) is 8.85. The van der Waals surface area contributed by atoms with Crippen LogP contribution < -0.4 is 11.1 Å². The number of carbonyl (C=O) groups is 1. The predicted octanol–water partition coefficient (Wildman–Crippen LogP) is 0.279. The topological polar surface area (TPSA) is 102 Å². The molecule has 0 bridgehead atoms. The van der Waals surface area contributed by atoms with Crippen LogP contribution in [-0.2, 0) is 9.84 Å². The number of aromatic nitrogens is 1. The standard InChI is InChI=1S/C12H17N3O3S/c1-8-6-9(7-11(13)14-8)12(16)15-10-2-4-19(17,18)5-3-10/h6-7,10H,2-5H2,1H3,(H2,13,14)(H,15,16). The number of amides is 1. The number of nitrogens with zero attached hydrogens (tertiary/aromatic N) is 1. The number of hydrogen-bond donors (Lipinski definition) is 2. The summed E-state index contributed by atoms with van der Waals surface area (Å²) in [6, 6.07) is 3.08. The second-order valence-electron chi connectivity index (χ2n) is 4.82. The number of aryl methyl sites for hydroxylation is 1. The van der Waals surface area contributed by atoms with Gasteiger partial charge in [0.2, 0.25) is 0 Å². The van der Waals surface area contributed by atoms with Crippen LogP contribution in [0.15, 0.2) is 12.1 Å². The lowest BCUT2D eigenvalue weighted by molar-refractivity contribution is 0.0934. The lowest BCUT2D eigenvalue weighted by Crippen LogP contribution is -2.40. The Morgan fingerprint density at radius 2 is 2.00 bits per heavy atom. The molecule has 0 spiro atoms. The van der Waals surface area contributed by atoms with Crippen LogP contribution in [0.4, 0.5) is 5.82 Å². The number of anilines is 1. The minimum absolute atomic E-state index is 0.0919. The van der Waals surface area contributed by atoms with Gasteiger partial charge < -0.3 is 11.1 Å². The van der Waals surface area contributed by atoms with Gasteiger partial charge in [0.1, 0.15) is 15.7 Å². The maximum absolute atomic E-state index is 12.0. The van der Waals surface area contributed by atoms with Gasteiger partial charge in [0.15, 0.2) is 0 Å². The van der Waals surface area contributed by atoms with E-state index in [0.29, 0.717) is 29.9 Å². The first-order valence-electron chi connectivity index (χ1n) is 6.11. The zero-order valence-corrected chi connectivity index (χ0v) is 11.5. The Kier molecular flexibility index (Phi) is 3.75. The van der Waals surface area contributed by atoms with Crippen molar-refractivity contribution in [3.8, 4) is 0 Å². The summed E-state index contributed by atoms with van der Waals surface area (Å²) >= 11 is 0. The zero-order valence-electron chi connectivity index (χ0n) is 10.7. The first kappa shape index (κ1) is 13.8. The van der Waals surface area contributed by atoms with Gasteiger partial charge in [-0.05, 0) is 31.9 Å². The lowest BCUT2D eigenvalue weighted by Gasteiger charge is -2.23. The molecule has 0 saturated carbocycles. The van der Waals surface area contributed by atoms with Crippen LogP contribution in [0.25, 0.3) is 0 Å². The Morgan fingerprint density at radius 3 is 2.58 bits per heavy atom. The molecule has 1 amide bonds. The third-order valence-electron chi connectivity index (χ3n) is 3.13. The van der Waals surface area contributed by atoms with E-state index in [0.717, 1.165) is 0 Å². The van der Waals surface area contributed by atoms with Crippen LogP contribution in [0.2, 0.25) is 0 Å². The van der Waals surface area contributed by atoms with Gasteiger partial charge in [0.05, 0.1) is 11.5 Å². The SMILES string of the molecule is Cc1cc(C(=O)NC2CCS(=O)(=O)CC2)cc(N)n1. The van der Waals surface area contributed by atoms with Gasteiger partial charge in [0, 0.05) is 17.3 Å². The molecule has 1 saturated heterocycles. The molecule has 104 valence electrons. The van der Waals surface area contributed by atoms with Gasteiger partial charge in [-0.2, -0.15) is 0 Å². The highest BCUT2D eigenvalue weighted by atomic mass is 32.2. The van der Waals surface area contributed by atoms with E-state index in [9.17, 15) is 13.2 Å². The number of rotatable bonds is 2. The molecule has 0 atom stereocenters. The first-order valence-corrected chi connectivity index (χ1v) is 7.93. The summed E-state index contributed by atoms with van der Waals surface area (Å²) in [7, 11) is -2.91. The molecule has 1 fully saturated rings. The van der Waals surface area contributed by atoms with Gasteiger partial charge in [-0.15, -0.1) is 0 Å². The minimum atomic E-state index is -2.91. The highest BCUT2D eigenvalue weighted by Crippen LogP contribution is 2.14. The molecule has 7 heteroatoms. The van der Waals surface area contributed by atoms with E-state index < -0.39 is 9.84 Å². The van der Waals surface area contributed by atoms with Crippen molar-refractivity contribution >= 4 is 21.6 Å². The van der Waals surface area contributed by atoms with Crippen LogP contribution in [0.5, 0.6) is 0 Å². The fourth-order valence-corrected chi connectivity index (χ4v) is 3.62. The molecule has 6 nitrogen and oxygen atoms in total. The van der Waals surface area contributed by atoms with Crippen molar-refractivity contribution in [3.63, 3.8) is 0 Å². The largest absolute Gasteiger partial charge is 0.384 e. The summed E-state index contributed by atoms with van der Waals surface area (Å²) in [5.74, 6) is 0.336. The Hall–Kier alpha value is -1.63. The molecule has 1 aliphatic heterocycles. The Morgan fingerprint density at radius 1 is 1.37 bits per heavy atom. The van der Waals surface area contributed by atoms with Crippen molar-refractivity contribution in [3.05, 3.63) is 23.4 Å². The highest BCUT2D eigenvalue weighted by Gasteiger charge is 2.25. The molecule has 0 radical (unpaired) electrons. The molecule has 0 unspecified atom stereocenters. The van der Waals surface area contributed by atoms with Crippen molar-refractivity contribution in [1.29, 1.82) is 0 Å². The zero-order chi connectivity index (χ0) is 14.0. The smallest absolute Gasteiger partial charge is 0.251 e. The van der Waals surface area contributed by atoms with Crippen LogP contribution in [0, 0.1) is 6.92 Å². The van der Waals surface area contributed by atoms with Gasteiger partial charge in [-0.1, -0.05) is 0 Å². The number of hydrogen-bond acceptors (Lipinski definition) is 5. The number of nitrogens with two attached hydrogens (primary N) is 1. The monoisotopic (exact) mass is 283 g/mol. The molecule has 2 rings (SSSR count). The molecule has 1 aromatic rings. The molecule has 0 aliphatic carbocycles. The van der Waals surface area contributed by atoms with E-state index in [2.05, 4.69) is 10.3 Å². The molecule has 1 aliphatic rings. The van der Waals surface area contributed by atoms with E-state index in [4.69, 9.17) is 5.73 Å². The predicted molar refractivity (Wildman–Crippen MR) is 72.5 cm³/mol. The maximum atomic E-state index is 12.0. The average molecular weight is 283 g/mol. The van der Waals surface area contributed by atoms with Gasteiger partial charge in [-0.25, -0.2) is 13.4 Å². The second-order valence-corrected chi connectivity index (χ2v) is 7.13. The normalized spacial score (nSPS) is 19.0. The van der Waals surface area contributed by atoms with Crippen molar-refractivity contribution in [1.82, 2.24) is 10.3 Å². The van der Waals surface area contributed by atoms with E-state index in [1.165, 1.54) is 6.07 Å². The maximum Gasteiger partial charge on any atom is 0.251 e. The third-order valence-corrected chi connectivity index (χ3v) is 4.84. The van der Waals surface area contributed by atoms with Crippen LogP contribution in [0.1, 0.15) is 28.9 Å². The van der Waals surface area contributed by atoms with Crippen LogP contribution in [-0.4, -0.2) is 36.9 Å². The molecular weight excluding hydrogens is 266 g/mol. The van der Waals surface area contributed by atoms with Crippen LogP contribution >= 0.6 is 0 Å². The Balaban J connectivity index is 2.02. The van der Waals surface area contributed by atoms with Gasteiger partial charge >= 0.3 is 0 Å². The Bertz CT molecular complexity index is 564. The highest BCUT2D eigenvalue weighted by molar-refractivity contribution is 7.91. The molecule has 3 N–H and O–H groups in total. The van der Waals surface area contributed by atoms with E-state index >= 15 is 0 Å². The minimum Gasteiger partial charge on any atom is -0.384 e. The van der Waals surface area contributed by atoms with Crippen molar-refractivity contribution < 1.29 is 13.2 Å². The van der Waals surface area contributed by atoms with Crippen LogP contribution in [0.3, 0.4) is 0 Å². The number of sulfone groups is 1. The fraction of sp³-hybridized carbons (Fsp3) is 0.500. The number of carbonyl (C=O) groups excluding carboxylic acids is 1. The summed E-state index contributed by atoms with van der Waals surface area (Å²) < 4.78 is 22.6. The van der Waals surface area contributed by atoms with E-state index in [1.807, 2.05) is 0 Å². The van der Waals surface area contributed by atoms with Crippen molar-refractivity contribution in [2.24, 2.45) is 0 Å². The quantitative estimate of drug-likeness (QED) is 0.811. The van der Waals surface area contributed by atoms with E-state index in [1.54, 1.807) is 13.0 Å². The molecular formula is C12H17N3O3S. The third kappa shape index (κ3) is 3.66. The average Bonchev–Trinajstić information content (AvgIpc) is 2.30. The molecule has 1 aromatic heterocycles. The second kappa shape index (κ2) is 5.16. The molecule has 19 heavy (non-hydrogen) atoms.